The second-order valence-electron chi connectivity index (χ2n) is 27.9. The quantitative estimate of drug-likeness (QED) is 0.0490. The molecule has 0 bridgehead atoms. The maximum Gasteiger partial charge on any atom is 0.187 e. The first-order valence-electron chi connectivity index (χ1n) is 30.7. The van der Waals surface area contributed by atoms with Gasteiger partial charge in [0.15, 0.2) is 31.5 Å². The third-order valence-corrected chi connectivity index (χ3v) is 22.5. The smallest absolute Gasteiger partial charge is 0.187 e. The highest BCUT2D eigenvalue weighted by molar-refractivity contribution is 5.19. The summed E-state index contributed by atoms with van der Waals surface area (Å²) in [5.41, 5.74) is -1.53. The lowest BCUT2D eigenvalue weighted by atomic mass is 9.35. The third-order valence-electron chi connectivity index (χ3n) is 22.5. The van der Waals surface area contributed by atoms with Crippen LogP contribution in [0.1, 0.15) is 120 Å². The van der Waals surface area contributed by atoms with Crippen molar-refractivity contribution in [1.82, 2.24) is 0 Å². The van der Waals surface area contributed by atoms with Gasteiger partial charge in [-0.3, -0.25) is 0 Å². The van der Waals surface area contributed by atoms with E-state index in [1.165, 1.54) is 6.92 Å². The molecule has 26 nitrogen and oxygen atoms in total. The zero-order valence-electron chi connectivity index (χ0n) is 50.2. The van der Waals surface area contributed by atoms with Crippen molar-refractivity contribution in [2.45, 2.75) is 279 Å². The highest BCUT2D eigenvalue weighted by Gasteiger charge is 2.70. The van der Waals surface area contributed by atoms with Crippen LogP contribution in [0.2, 0.25) is 0 Å². The number of rotatable bonds is 18. The van der Waals surface area contributed by atoms with E-state index in [0.29, 0.717) is 25.7 Å². The van der Waals surface area contributed by atoms with E-state index < -0.39 is 184 Å². The number of hydrogen-bond acceptors (Lipinski definition) is 26. The zero-order chi connectivity index (χ0) is 62.2. The van der Waals surface area contributed by atoms with Gasteiger partial charge in [0.05, 0.1) is 50.8 Å². The predicted octanol–water partition coefficient (Wildman–Crippen LogP) is -2.71. The Kier molecular flexibility index (Phi) is 21.1. The van der Waals surface area contributed by atoms with Crippen LogP contribution in [0, 0.1) is 45.3 Å². The molecule has 4 saturated carbocycles. The Morgan fingerprint density at radius 2 is 1.06 bits per heavy atom. The lowest BCUT2D eigenvalue weighted by Gasteiger charge is -2.70. The molecule has 0 aromatic heterocycles. The fourth-order valence-corrected chi connectivity index (χ4v) is 17.4. The Labute approximate surface area is 496 Å². The number of fused-ring (bicyclic) bond motifs is 5. The van der Waals surface area contributed by atoms with Crippen LogP contribution in [0.15, 0.2) is 11.6 Å². The molecular weight excluding hydrogens is 1120 g/mol. The summed E-state index contributed by atoms with van der Waals surface area (Å²) in [5, 5.41) is 173. The number of allylic oxidation sites excluding steroid dienone is 2. The molecule has 0 aromatic carbocycles. The molecule has 85 heavy (non-hydrogen) atoms. The summed E-state index contributed by atoms with van der Waals surface area (Å²) in [6.07, 6.45) is -29.1. The van der Waals surface area contributed by atoms with E-state index in [4.69, 9.17) is 47.4 Å². The Bertz CT molecular complexity index is 2230. The number of ether oxygens (including phenoxy) is 10. The number of aliphatic hydroxyl groups excluding tert-OH is 15. The first-order chi connectivity index (χ1) is 39.9. The second-order valence-corrected chi connectivity index (χ2v) is 27.9. The molecule has 9 fully saturated rings. The topological polar surface area (TPSA) is 416 Å². The van der Waals surface area contributed by atoms with Crippen molar-refractivity contribution >= 4 is 0 Å². The van der Waals surface area contributed by atoms with Gasteiger partial charge in [-0.2, -0.15) is 0 Å². The monoisotopic (exact) mass is 1220 g/mol. The molecular formula is C59H100O26. The van der Waals surface area contributed by atoms with Crippen LogP contribution in [0.25, 0.3) is 0 Å². The fraction of sp³-hybridized carbons (Fsp3) is 0.966. The molecule has 5 aliphatic heterocycles. The van der Waals surface area contributed by atoms with Gasteiger partial charge in [0.25, 0.3) is 0 Å². The Balaban J connectivity index is 0.909. The van der Waals surface area contributed by atoms with E-state index in [1.807, 2.05) is 13.8 Å². The van der Waals surface area contributed by atoms with Gasteiger partial charge in [0, 0.05) is 0 Å². The summed E-state index contributed by atoms with van der Waals surface area (Å²) in [4.78, 5) is 0. The van der Waals surface area contributed by atoms with Gasteiger partial charge in [-0.15, -0.1) is 0 Å². The highest BCUT2D eigenvalue weighted by atomic mass is 16.8. The van der Waals surface area contributed by atoms with Gasteiger partial charge < -0.3 is 129 Å². The first kappa shape index (κ1) is 68.1. The van der Waals surface area contributed by atoms with Crippen LogP contribution in [0.5, 0.6) is 0 Å². The van der Waals surface area contributed by atoms with Gasteiger partial charge >= 0.3 is 0 Å². The van der Waals surface area contributed by atoms with Gasteiger partial charge in [0.2, 0.25) is 0 Å². The Morgan fingerprint density at radius 1 is 0.529 bits per heavy atom. The summed E-state index contributed by atoms with van der Waals surface area (Å²) >= 11 is 0. The molecule has 0 unspecified atom stereocenters. The zero-order valence-corrected chi connectivity index (χ0v) is 50.2. The lowest BCUT2D eigenvalue weighted by Crippen LogP contribution is -2.66. The summed E-state index contributed by atoms with van der Waals surface area (Å²) < 4.78 is 60.8. The second kappa shape index (κ2) is 26.4. The van der Waals surface area contributed by atoms with Crippen LogP contribution in [0.3, 0.4) is 0 Å². The fourth-order valence-electron chi connectivity index (χ4n) is 17.4. The summed E-state index contributed by atoms with van der Waals surface area (Å²) in [7, 11) is 0. The molecule has 26 heteroatoms. The van der Waals surface area contributed by atoms with Crippen LogP contribution in [-0.4, -0.2) is 274 Å². The van der Waals surface area contributed by atoms with Crippen molar-refractivity contribution in [3.05, 3.63) is 11.6 Å². The van der Waals surface area contributed by atoms with E-state index in [2.05, 4.69) is 40.7 Å². The molecule has 492 valence electrons. The van der Waals surface area contributed by atoms with Crippen molar-refractivity contribution in [3.63, 3.8) is 0 Å². The third kappa shape index (κ3) is 12.5. The van der Waals surface area contributed by atoms with Crippen molar-refractivity contribution in [3.8, 4) is 0 Å². The molecule has 0 aromatic rings. The van der Waals surface area contributed by atoms with Gasteiger partial charge in [0.1, 0.15) is 110 Å². The van der Waals surface area contributed by atoms with E-state index >= 15 is 0 Å². The maximum atomic E-state index is 13.2. The maximum absolute atomic E-state index is 13.2. The van der Waals surface area contributed by atoms with Gasteiger partial charge in [-0.05, 0) is 130 Å². The van der Waals surface area contributed by atoms with Crippen molar-refractivity contribution < 1.29 is 129 Å². The minimum atomic E-state index is -1.85. The number of aliphatic hydroxyl groups is 16. The minimum Gasteiger partial charge on any atom is -0.394 e. The predicted molar refractivity (Wildman–Crippen MR) is 291 cm³/mol. The Hall–Kier alpha value is -1.30. The summed E-state index contributed by atoms with van der Waals surface area (Å²) in [6, 6.07) is 0. The van der Waals surface area contributed by atoms with Crippen molar-refractivity contribution in [2.75, 3.05) is 33.0 Å². The van der Waals surface area contributed by atoms with E-state index in [1.54, 1.807) is 0 Å². The normalized spacial score (nSPS) is 52.5. The van der Waals surface area contributed by atoms with Gasteiger partial charge in [-0.25, -0.2) is 0 Å². The molecule has 5 heterocycles. The molecule has 9 aliphatic rings. The van der Waals surface area contributed by atoms with E-state index in [-0.39, 0.29) is 53.1 Å². The minimum absolute atomic E-state index is 0.0547. The van der Waals surface area contributed by atoms with Crippen molar-refractivity contribution in [2.24, 2.45) is 45.3 Å². The highest BCUT2D eigenvalue weighted by Crippen LogP contribution is 2.76. The van der Waals surface area contributed by atoms with Crippen LogP contribution >= 0.6 is 0 Å². The Morgan fingerprint density at radius 3 is 1.67 bits per heavy atom. The number of hydrogen-bond donors (Lipinski definition) is 16. The van der Waals surface area contributed by atoms with E-state index in [0.717, 1.165) is 44.1 Å². The molecule has 33 atom stereocenters. The molecule has 0 radical (unpaired) electrons. The lowest BCUT2D eigenvalue weighted by molar-refractivity contribution is -0.388. The van der Waals surface area contributed by atoms with Gasteiger partial charge in [-0.1, -0.05) is 46.3 Å². The SMILES string of the molecule is CC(C)=CCC[C@@](O)(CO[C@@H]1O[C@H](CO[C@@H]2O[C@H](CO)[C@@H](O)[C@H](O)[C@H]2O)[C@@H](O)[C@H](O)[C@H]1O)[C@H]1CC[C@]2(C)[C@@H]1CC[C@@H]1[C@@]3(C)CC[C@H](O[C@@H]4OC[C@H](O)[C@H](O[C@@H]5O[C@H](CO)[C@@H](O)[C@H](O)[C@H]5O)[C@H]4O[C@@H]4O[C@@H](C)[C@H](O)[C@@H](O)[C@H]4O)C(C)(C)[C@@H]3CC[C@]12C. The molecule has 0 amide bonds. The summed E-state index contributed by atoms with van der Waals surface area (Å²) in [6.45, 7) is 14.4. The molecule has 16 N–H and O–H groups in total. The first-order valence-corrected chi connectivity index (χ1v) is 30.7. The molecule has 9 rings (SSSR count). The van der Waals surface area contributed by atoms with Crippen molar-refractivity contribution in [1.29, 1.82) is 0 Å². The average molecular weight is 1230 g/mol. The van der Waals surface area contributed by atoms with Crippen LogP contribution in [0.4, 0.5) is 0 Å². The largest absolute Gasteiger partial charge is 0.394 e. The van der Waals surface area contributed by atoms with Crippen LogP contribution in [-0.2, 0) is 47.4 Å². The molecule has 4 aliphatic carbocycles. The average Bonchev–Trinajstić information content (AvgIpc) is 1.69. The standard InChI is InChI=1S/C59H100O26/c1-25(2)10-9-16-59(75,24-78-51-45(72)43(70)39(66)32(82-51)23-77-50-44(71)41(68)37(64)30(20-60)80-50)28-13-18-57(7)27(28)11-12-34-56(6)17-15-35(55(4,5)33(56)14-19-58(34,57)8)83-54-49(85-52-46(73)40(67)36(63)26(3)79-52)48(29(62)22-76-54)84-53-47(74)42(69)38(65)31(21-61)81-53/h10,26-54,60-75H,9,11-24H2,1-8H3/t26-,27+,28-,29-,30+,31+,32+,33-,34+,35-,36-,37+,38+,39+,40+,41-,42-,43-,44+,45+,46+,47+,48-,49+,50+,51+,52-,53-,54-,56-,57+,58+,59+/m0/s1. The van der Waals surface area contributed by atoms with Crippen LogP contribution < -0.4 is 0 Å². The molecule has 5 saturated heterocycles. The van der Waals surface area contributed by atoms with E-state index in [9.17, 15) is 81.7 Å². The molecule has 0 spiro atoms. The summed E-state index contributed by atoms with van der Waals surface area (Å²) in [5.74, 6) is 0.167.